The zero-order chi connectivity index (χ0) is 19.6. The van der Waals surface area contributed by atoms with Crippen molar-refractivity contribution in [3.05, 3.63) is 65.6 Å². The zero-order valence-corrected chi connectivity index (χ0v) is 16.6. The molecule has 2 aromatic heterocycles. The van der Waals surface area contributed by atoms with Crippen LogP contribution in [0.15, 0.2) is 48.8 Å². The van der Waals surface area contributed by atoms with Crippen LogP contribution in [0.3, 0.4) is 0 Å². The normalized spacial score (nSPS) is 18.5. The summed E-state index contributed by atoms with van der Waals surface area (Å²) < 4.78 is 5.43. The summed E-state index contributed by atoms with van der Waals surface area (Å²) in [6.07, 6.45) is 5.93. The predicted octanol–water partition coefficient (Wildman–Crippen LogP) is 3.53. The van der Waals surface area contributed by atoms with Gasteiger partial charge >= 0.3 is 0 Å². The molecule has 0 spiro atoms. The van der Waals surface area contributed by atoms with Gasteiger partial charge in [-0.3, -0.25) is 4.98 Å². The van der Waals surface area contributed by atoms with E-state index in [-0.39, 0.29) is 0 Å². The number of aromatic nitrogens is 3. The number of pyridine rings is 1. The number of methoxy groups -OCH3 is 1. The monoisotopic (exact) mass is 387 g/mol. The van der Waals surface area contributed by atoms with E-state index in [2.05, 4.69) is 33.4 Å². The molecule has 1 aromatic carbocycles. The van der Waals surface area contributed by atoms with Gasteiger partial charge in [0.15, 0.2) is 5.82 Å². The van der Waals surface area contributed by atoms with Gasteiger partial charge in [-0.05, 0) is 42.7 Å². The minimum absolute atomic E-state index is 0.475. The number of fused-ring (bicyclic) bond motifs is 1. The Labute approximate surface area is 171 Å². The number of rotatable bonds is 4. The molecule has 29 heavy (non-hydrogen) atoms. The third-order valence-corrected chi connectivity index (χ3v) is 5.89. The van der Waals surface area contributed by atoms with Crippen molar-refractivity contribution in [1.29, 1.82) is 0 Å². The molecule has 6 heteroatoms. The molecular formula is C23H25N5O. The average Bonchev–Trinajstić information content (AvgIpc) is 3.28. The molecule has 1 atom stereocenters. The first kappa shape index (κ1) is 18.1. The Morgan fingerprint density at radius 1 is 1.10 bits per heavy atom. The van der Waals surface area contributed by atoms with Crippen molar-refractivity contribution < 1.29 is 4.74 Å². The molecular weight excluding hydrogens is 362 g/mol. The Morgan fingerprint density at radius 3 is 2.86 bits per heavy atom. The van der Waals surface area contributed by atoms with Crippen molar-refractivity contribution in [2.45, 2.75) is 31.8 Å². The van der Waals surface area contributed by atoms with Gasteiger partial charge in [0.05, 0.1) is 12.8 Å². The summed E-state index contributed by atoms with van der Waals surface area (Å²) in [7, 11) is 1.73. The molecule has 1 N–H and O–H groups in total. The second-order valence-electron chi connectivity index (χ2n) is 7.70. The van der Waals surface area contributed by atoms with Crippen LogP contribution in [0.1, 0.15) is 35.6 Å². The van der Waals surface area contributed by atoms with Crippen LogP contribution >= 0.6 is 0 Å². The van der Waals surface area contributed by atoms with Crippen LogP contribution in [0.2, 0.25) is 0 Å². The molecule has 2 aliphatic rings. The van der Waals surface area contributed by atoms with Gasteiger partial charge in [0.2, 0.25) is 0 Å². The fourth-order valence-electron chi connectivity index (χ4n) is 4.38. The fourth-order valence-corrected chi connectivity index (χ4v) is 4.38. The minimum Gasteiger partial charge on any atom is -0.497 e. The Kier molecular flexibility index (Phi) is 4.86. The lowest BCUT2D eigenvalue weighted by atomic mass is 9.90. The van der Waals surface area contributed by atoms with Crippen molar-refractivity contribution in [3.63, 3.8) is 0 Å². The number of ether oxygens (including phenoxy) is 1. The Bertz CT molecular complexity index is 1010. The summed E-state index contributed by atoms with van der Waals surface area (Å²) in [5.74, 6) is 3.27. The van der Waals surface area contributed by atoms with Crippen LogP contribution in [0.5, 0.6) is 5.75 Å². The smallest absolute Gasteiger partial charge is 0.161 e. The largest absolute Gasteiger partial charge is 0.497 e. The zero-order valence-electron chi connectivity index (χ0n) is 16.6. The first-order valence-electron chi connectivity index (χ1n) is 10.2. The second kappa shape index (κ2) is 7.79. The highest BCUT2D eigenvalue weighted by molar-refractivity contribution is 5.61. The van der Waals surface area contributed by atoms with Crippen LogP contribution in [0, 0.1) is 0 Å². The Balaban J connectivity index is 1.49. The van der Waals surface area contributed by atoms with E-state index in [4.69, 9.17) is 14.7 Å². The predicted molar refractivity (Wildman–Crippen MR) is 113 cm³/mol. The molecule has 0 radical (unpaired) electrons. The molecule has 0 saturated carbocycles. The summed E-state index contributed by atoms with van der Waals surface area (Å²) in [6, 6.07) is 12.4. The van der Waals surface area contributed by atoms with Crippen LogP contribution in [-0.4, -0.2) is 35.2 Å². The van der Waals surface area contributed by atoms with Crippen molar-refractivity contribution in [1.82, 2.24) is 20.3 Å². The highest BCUT2D eigenvalue weighted by Crippen LogP contribution is 2.34. The lowest BCUT2D eigenvalue weighted by Crippen LogP contribution is -2.36. The third kappa shape index (κ3) is 3.56. The summed E-state index contributed by atoms with van der Waals surface area (Å²) in [4.78, 5) is 16.4. The highest BCUT2D eigenvalue weighted by Gasteiger charge is 2.28. The molecule has 0 unspecified atom stereocenters. The summed E-state index contributed by atoms with van der Waals surface area (Å²) >= 11 is 0. The van der Waals surface area contributed by atoms with E-state index in [0.717, 1.165) is 61.2 Å². The van der Waals surface area contributed by atoms with Gasteiger partial charge in [-0.1, -0.05) is 12.1 Å². The van der Waals surface area contributed by atoms with Crippen LogP contribution in [0.4, 0.5) is 5.82 Å². The van der Waals surface area contributed by atoms with E-state index in [1.807, 2.05) is 18.2 Å². The molecule has 3 aromatic rings. The van der Waals surface area contributed by atoms with Gasteiger partial charge in [-0.25, -0.2) is 9.97 Å². The molecule has 0 aliphatic carbocycles. The summed E-state index contributed by atoms with van der Waals surface area (Å²) in [5.41, 5.74) is 4.71. The van der Waals surface area contributed by atoms with E-state index in [1.54, 1.807) is 19.5 Å². The van der Waals surface area contributed by atoms with Crippen molar-refractivity contribution in [2.24, 2.45) is 0 Å². The first-order chi connectivity index (χ1) is 14.3. The molecule has 0 bridgehead atoms. The fraction of sp³-hybridized carbons (Fsp3) is 0.348. The molecule has 5 rings (SSSR count). The van der Waals surface area contributed by atoms with Gasteiger partial charge in [-0.15, -0.1) is 0 Å². The van der Waals surface area contributed by atoms with Gasteiger partial charge in [-0.2, -0.15) is 0 Å². The topological polar surface area (TPSA) is 63.2 Å². The van der Waals surface area contributed by atoms with Gasteiger partial charge in [0.25, 0.3) is 0 Å². The minimum atomic E-state index is 0.475. The SMILES string of the molecule is COc1cccc([C@@H]2CCCN(c3nc(-c4ccncc4)nc4c3CNC4)C2)c1. The van der Waals surface area contributed by atoms with E-state index < -0.39 is 0 Å². The number of benzene rings is 1. The molecule has 4 heterocycles. The molecule has 6 nitrogen and oxygen atoms in total. The maximum absolute atomic E-state index is 5.43. The van der Waals surface area contributed by atoms with Crippen LogP contribution in [-0.2, 0) is 13.1 Å². The van der Waals surface area contributed by atoms with Crippen LogP contribution in [0.25, 0.3) is 11.4 Å². The van der Waals surface area contributed by atoms with Crippen LogP contribution < -0.4 is 15.0 Å². The number of hydrogen-bond donors (Lipinski definition) is 1. The first-order valence-corrected chi connectivity index (χ1v) is 10.2. The van der Waals surface area contributed by atoms with Crippen molar-refractivity contribution >= 4 is 5.82 Å². The second-order valence-corrected chi connectivity index (χ2v) is 7.70. The summed E-state index contributed by atoms with van der Waals surface area (Å²) in [5, 5.41) is 3.45. The highest BCUT2D eigenvalue weighted by atomic mass is 16.5. The molecule has 2 aliphatic heterocycles. The number of nitrogens with one attached hydrogen (secondary N) is 1. The van der Waals surface area contributed by atoms with E-state index in [9.17, 15) is 0 Å². The third-order valence-electron chi connectivity index (χ3n) is 5.89. The lowest BCUT2D eigenvalue weighted by Gasteiger charge is -2.35. The number of hydrogen-bond acceptors (Lipinski definition) is 6. The molecule has 148 valence electrons. The van der Waals surface area contributed by atoms with E-state index in [1.165, 1.54) is 17.5 Å². The number of anilines is 1. The van der Waals surface area contributed by atoms with E-state index >= 15 is 0 Å². The Hall–Kier alpha value is -2.99. The molecule has 1 saturated heterocycles. The number of nitrogens with zero attached hydrogens (tertiary/aromatic N) is 4. The van der Waals surface area contributed by atoms with Gasteiger partial charge < -0.3 is 15.0 Å². The van der Waals surface area contributed by atoms with Gasteiger partial charge in [0, 0.05) is 55.6 Å². The Morgan fingerprint density at radius 2 is 2.00 bits per heavy atom. The number of piperidine rings is 1. The molecule has 0 amide bonds. The molecule has 1 fully saturated rings. The standard InChI is InChI=1S/C23H25N5O/c1-29-19-6-2-4-17(12-19)18-5-3-11-28(15-18)23-20-13-25-14-21(20)26-22(27-23)16-7-9-24-10-8-16/h2,4,6-10,12,18,25H,3,5,11,13-15H2,1H3/t18-/m1/s1. The average molecular weight is 387 g/mol. The quantitative estimate of drug-likeness (QED) is 0.739. The van der Waals surface area contributed by atoms with Gasteiger partial charge in [0.1, 0.15) is 11.6 Å². The van der Waals surface area contributed by atoms with Crippen molar-refractivity contribution in [2.75, 3.05) is 25.1 Å². The lowest BCUT2D eigenvalue weighted by molar-refractivity contribution is 0.412. The van der Waals surface area contributed by atoms with Crippen molar-refractivity contribution in [3.8, 4) is 17.1 Å². The maximum Gasteiger partial charge on any atom is 0.161 e. The summed E-state index contributed by atoms with van der Waals surface area (Å²) in [6.45, 7) is 3.63. The van der Waals surface area contributed by atoms with E-state index in [0.29, 0.717) is 5.92 Å². The maximum atomic E-state index is 5.43.